The molecule has 0 aromatic carbocycles. The van der Waals surface area contributed by atoms with Crippen LogP contribution in [0.25, 0.3) is 0 Å². The van der Waals surface area contributed by atoms with Gasteiger partial charge in [0.25, 0.3) is 0 Å². The third-order valence-corrected chi connectivity index (χ3v) is 4.23. The lowest BCUT2D eigenvalue weighted by Gasteiger charge is -2.37. The SMILES string of the molecule is CCC(C)N1CCN(C(=O)CCNC2CC2)CC1. The Morgan fingerprint density at radius 1 is 1.28 bits per heavy atom. The van der Waals surface area contributed by atoms with Crippen molar-refractivity contribution in [1.82, 2.24) is 15.1 Å². The van der Waals surface area contributed by atoms with Crippen LogP contribution in [0.3, 0.4) is 0 Å². The highest BCUT2D eigenvalue weighted by Gasteiger charge is 2.24. The van der Waals surface area contributed by atoms with Crippen LogP contribution < -0.4 is 5.32 Å². The van der Waals surface area contributed by atoms with Crippen LogP contribution in [-0.4, -0.2) is 60.5 Å². The van der Waals surface area contributed by atoms with Gasteiger partial charge >= 0.3 is 0 Å². The highest BCUT2D eigenvalue weighted by molar-refractivity contribution is 5.76. The van der Waals surface area contributed by atoms with Crippen LogP contribution in [0.4, 0.5) is 0 Å². The summed E-state index contributed by atoms with van der Waals surface area (Å²) < 4.78 is 0. The molecule has 1 aliphatic heterocycles. The van der Waals surface area contributed by atoms with Gasteiger partial charge < -0.3 is 10.2 Å². The summed E-state index contributed by atoms with van der Waals surface area (Å²) in [5, 5.41) is 3.40. The normalized spacial score (nSPS) is 23.1. The standard InChI is InChI=1S/C14H27N3O/c1-3-12(2)16-8-10-17(11-9-16)14(18)6-7-15-13-4-5-13/h12-13,15H,3-11H2,1-2H3. The second kappa shape index (κ2) is 6.53. The van der Waals surface area contributed by atoms with Gasteiger partial charge in [-0.3, -0.25) is 9.69 Å². The van der Waals surface area contributed by atoms with E-state index in [1.165, 1.54) is 19.3 Å². The highest BCUT2D eigenvalue weighted by Crippen LogP contribution is 2.18. The highest BCUT2D eigenvalue weighted by atomic mass is 16.2. The molecule has 1 atom stereocenters. The Morgan fingerprint density at radius 2 is 1.94 bits per heavy atom. The molecule has 0 aromatic heterocycles. The van der Waals surface area contributed by atoms with Gasteiger partial charge in [0.1, 0.15) is 0 Å². The summed E-state index contributed by atoms with van der Waals surface area (Å²) in [5.41, 5.74) is 0. The number of piperazine rings is 1. The van der Waals surface area contributed by atoms with E-state index in [4.69, 9.17) is 0 Å². The van der Waals surface area contributed by atoms with E-state index < -0.39 is 0 Å². The minimum Gasteiger partial charge on any atom is -0.340 e. The summed E-state index contributed by atoms with van der Waals surface area (Å²) in [6.45, 7) is 9.25. The van der Waals surface area contributed by atoms with Crippen LogP contribution >= 0.6 is 0 Å². The Balaban J connectivity index is 1.63. The molecule has 0 spiro atoms. The van der Waals surface area contributed by atoms with E-state index >= 15 is 0 Å². The Hall–Kier alpha value is -0.610. The Kier molecular flexibility index (Phi) is 5.01. The topological polar surface area (TPSA) is 35.6 Å². The van der Waals surface area contributed by atoms with Crippen LogP contribution in [0, 0.1) is 0 Å². The summed E-state index contributed by atoms with van der Waals surface area (Å²) in [5.74, 6) is 0.326. The van der Waals surface area contributed by atoms with Crippen LogP contribution in [0.15, 0.2) is 0 Å². The molecule has 2 fully saturated rings. The maximum absolute atomic E-state index is 12.0. The second-order valence-electron chi connectivity index (χ2n) is 5.65. The van der Waals surface area contributed by atoms with Gasteiger partial charge in [-0.1, -0.05) is 6.92 Å². The molecule has 104 valence electrons. The zero-order valence-corrected chi connectivity index (χ0v) is 11.8. The molecule has 1 N–H and O–H groups in total. The summed E-state index contributed by atoms with van der Waals surface area (Å²) >= 11 is 0. The molecule has 1 saturated carbocycles. The number of nitrogens with zero attached hydrogens (tertiary/aromatic N) is 2. The first-order valence-electron chi connectivity index (χ1n) is 7.46. The molecule has 4 nitrogen and oxygen atoms in total. The first kappa shape index (κ1) is 13.8. The summed E-state index contributed by atoms with van der Waals surface area (Å²) in [6.07, 6.45) is 4.45. The van der Waals surface area contributed by atoms with Crippen LogP contribution in [-0.2, 0) is 4.79 Å². The van der Waals surface area contributed by atoms with Gasteiger partial charge in [-0.05, 0) is 26.2 Å². The van der Waals surface area contributed by atoms with E-state index in [1.807, 2.05) is 4.90 Å². The zero-order chi connectivity index (χ0) is 13.0. The Bertz CT molecular complexity index is 270. The fraction of sp³-hybridized carbons (Fsp3) is 0.929. The number of nitrogens with one attached hydrogen (secondary N) is 1. The van der Waals surface area contributed by atoms with Crippen LogP contribution in [0.1, 0.15) is 39.5 Å². The average molecular weight is 253 g/mol. The van der Waals surface area contributed by atoms with Crippen molar-refractivity contribution in [1.29, 1.82) is 0 Å². The van der Waals surface area contributed by atoms with Crippen molar-refractivity contribution >= 4 is 5.91 Å². The largest absolute Gasteiger partial charge is 0.340 e. The molecule has 18 heavy (non-hydrogen) atoms. The molecule has 4 heteroatoms. The Morgan fingerprint density at radius 3 is 2.50 bits per heavy atom. The van der Waals surface area contributed by atoms with Crippen molar-refractivity contribution in [3.63, 3.8) is 0 Å². The lowest BCUT2D eigenvalue weighted by atomic mass is 10.2. The molecule has 2 rings (SSSR count). The molecular weight excluding hydrogens is 226 g/mol. The maximum atomic E-state index is 12.0. The summed E-state index contributed by atoms with van der Waals surface area (Å²) in [4.78, 5) is 16.5. The first-order valence-corrected chi connectivity index (χ1v) is 7.46. The van der Waals surface area contributed by atoms with Crippen molar-refractivity contribution in [2.75, 3.05) is 32.7 Å². The van der Waals surface area contributed by atoms with Crippen molar-refractivity contribution in [3.05, 3.63) is 0 Å². The molecule has 2 aliphatic rings. The van der Waals surface area contributed by atoms with Crippen molar-refractivity contribution in [2.24, 2.45) is 0 Å². The van der Waals surface area contributed by atoms with E-state index in [-0.39, 0.29) is 0 Å². The minimum absolute atomic E-state index is 0.326. The monoisotopic (exact) mass is 253 g/mol. The quantitative estimate of drug-likeness (QED) is 0.769. The molecule has 1 amide bonds. The van der Waals surface area contributed by atoms with E-state index in [1.54, 1.807) is 0 Å². The molecule has 1 aliphatic carbocycles. The lowest BCUT2D eigenvalue weighted by Crippen LogP contribution is -2.51. The lowest BCUT2D eigenvalue weighted by molar-refractivity contribution is -0.133. The van der Waals surface area contributed by atoms with E-state index in [9.17, 15) is 4.79 Å². The number of rotatable bonds is 6. The van der Waals surface area contributed by atoms with Gasteiger partial charge in [0, 0.05) is 51.2 Å². The predicted octanol–water partition coefficient (Wildman–Crippen LogP) is 1.07. The molecule has 1 heterocycles. The molecule has 0 radical (unpaired) electrons. The van der Waals surface area contributed by atoms with E-state index in [2.05, 4.69) is 24.1 Å². The number of carbonyl (C=O) groups excluding carboxylic acids is 1. The third-order valence-electron chi connectivity index (χ3n) is 4.23. The van der Waals surface area contributed by atoms with Gasteiger partial charge in [0.2, 0.25) is 5.91 Å². The van der Waals surface area contributed by atoms with E-state index in [0.717, 1.165) is 32.7 Å². The minimum atomic E-state index is 0.326. The van der Waals surface area contributed by atoms with Gasteiger partial charge in [0.05, 0.1) is 0 Å². The smallest absolute Gasteiger partial charge is 0.223 e. The molecule has 1 saturated heterocycles. The number of carbonyl (C=O) groups is 1. The molecule has 0 bridgehead atoms. The zero-order valence-electron chi connectivity index (χ0n) is 11.8. The van der Waals surface area contributed by atoms with Crippen LogP contribution in [0.5, 0.6) is 0 Å². The third kappa shape index (κ3) is 3.95. The van der Waals surface area contributed by atoms with Crippen molar-refractivity contribution in [2.45, 2.75) is 51.6 Å². The van der Waals surface area contributed by atoms with E-state index in [0.29, 0.717) is 24.4 Å². The van der Waals surface area contributed by atoms with Crippen molar-refractivity contribution in [3.8, 4) is 0 Å². The van der Waals surface area contributed by atoms with Crippen LogP contribution in [0.2, 0.25) is 0 Å². The molecule has 0 aromatic rings. The summed E-state index contributed by atoms with van der Waals surface area (Å²) in [6, 6.07) is 1.36. The maximum Gasteiger partial charge on any atom is 0.223 e. The van der Waals surface area contributed by atoms with Gasteiger partial charge in [0.15, 0.2) is 0 Å². The molecule has 1 unspecified atom stereocenters. The number of hydrogen-bond donors (Lipinski definition) is 1. The Labute approximate surface area is 111 Å². The number of hydrogen-bond acceptors (Lipinski definition) is 3. The number of amides is 1. The average Bonchev–Trinajstić information content (AvgIpc) is 3.22. The fourth-order valence-electron chi connectivity index (χ4n) is 2.50. The predicted molar refractivity (Wildman–Crippen MR) is 73.5 cm³/mol. The summed E-state index contributed by atoms with van der Waals surface area (Å²) in [7, 11) is 0. The van der Waals surface area contributed by atoms with Gasteiger partial charge in [-0.25, -0.2) is 0 Å². The fourth-order valence-corrected chi connectivity index (χ4v) is 2.50. The van der Waals surface area contributed by atoms with Gasteiger partial charge in [-0.2, -0.15) is 0 Å². The first-order chi connectivity index (χ1) is 8.70. The van der Waals surface area contributed by atoms with Gasteiger partial charge in [-0.15, -0.1) is 0 Å². The molecular formula is C14H27N3O. The van der Waals surface area contributed by atoms with Crippen molar-refractivity contribution < 1.29 is 4.79 Å². The second-order valence-corrected chi connectivity index (χ2v) is 5.65.